The lowest BCUT2D eigenvalue weighted by Crippen LogP contribution is -2.06. The van der Waals surface area contributed by atoms with Crippen molar-refractivity contribution in [1.29, 1.82) is 0 Å². The number of carboxylic acid groups (broad SMARTS) is 1. The van der Waals surface area contributed by atoms with E-state index in [2.05, 4.69) is 15.5 Å². The predicted octanol–water partition coefficient (Wildman–Crippen LogP) is 0.819. The maximum absolute atomic E-state index is 12.7. The van der Waals surface area contributed by atoms with Crippen LogP contribution in [-0.4, -0.2) is 31.3 Å². The Balaban J connectivity index is 2.24. The summed E-state index contributed by atoms with van der Waals surface area (Å²) in [5.74, 6) is -0.841. The van der Waals surface area contributed by atoms with Crippen LogP contribution in [0.2, 0.25) is 0 Å². The number of aryl methyl sites for hydroxylation is 1. The van der Waals surface area contributed by atoms with Gasteiger partial charge in [0, 0.05) is 6.42 Å². The van der Waals surface area contributed by atoms with Gasteiger partial charge >= 0.3 is 5.97 Å². The van der Waals surface area contributed by atoms with Gasteiger partial charge in [0.15, 0.2) is 5.82 Å². The van der Waals surface area contributed by atoms with Gasteiger partial charge in [-0.05, 0) is 34.7 Å². The van der Waals surface area contributed by atoms with Crippen LogP contribution in [0.1, 0.15) is 12.2 Å². The standard InChI is InChI=1S/C10H9FN4O2/c11-7-1-3-8(4-2-7)15-9(12-13-14-15)5-6-10(16)17/h1-4H,5-6H2,(H,16,17). The molecule has 0 aliphatic heterocycles. The van der Waals surface area contributed by atoms with E-state index in [1.165, 1.54) is 28.9 Å². The van der Waals surface area contributed by atoms with Gasteiger partial charge in [-0.3, -0.25) is 4.79 Å². The summed E-state index contributed by atoms with van der Waals surface area (Å²) in [7, 11) is 0. The van der Waals surface area contributed by atoms with Crippen LogP contribution in [0.5, 0.6) is 0 Å². The number of rotatable bonds is 4. The van der Waals surface area contributed by atoms with Crippen molar-refractivity contribution < 1.29 is 14.3 Å². The number of carbonyl (C=O) groups is 1. The van der Waals surface area contributed by atoms with Crippen molar-refractivity contribution in [2.75, 3.05) is 0 Å². The Morgan fingerprint density at radius 1 is 1.35 bits per heavy atom. The molecule has 1 heterocycles. The lowest BCUT2D eigenvalue weighted by Gasteiger charge is -2.02. The number of aromatic nitrogens is 4. The van der Waals surface area contributed by atoms with Crippen molar-refractivity contribution in [2.24, 2.45) is 0 Å². The molecule has 0 saturated carbocycles. The van der Waals surface area contributed by atoms with Gasteiger partial charge in [-0.25, -0.2) is 4.39 Å². The van der Waals surface area contributed by atoms with Crippen LogP contribution in [0.3, 0.4) is 0 Å². The first-order chi connectivity index (χ1) is 8.16. The van der Waals surface area contributed by atoms with Crippen LogP contribution in [0.25, 0.3) is 5.69 Å². The lowest BCUT2D eigenvalue weighted by atomic mass is 10.2. The highest BCUT2D eigenvalue weighted by Crippen LogP contribution is 2.10. The zero-order valence-electron chi connectivity index (χ0n) is 8.75. The van der Waals surface area contributed by atoms with Crippen molar-refractivity contribution in [3.8, 4) is 5.69 Å². The minimum Gasteiger partial charge on any atom is -0.481 e. The predicted molar refractivity (Wildman–Crippen MR) is 55.1 cm³/mol. The molecule has 0 radical (unpaired) electrons. The van der Waals surface area contributed by atoms with E-state index in [4.69, 9.17) is 5.11 Å². The zero-order valence-corrected chi connectivity index (χ0v) is 8.75. The molecule has 0 amide bonds. The summed E-state index contributed by atoms with van der Waals surface area (Å²) < 4.78 is 14.1. The third-order valence-corrected chi connectivity index (χ3v) is 2.17. The Morgan fingerprint density at radius 2 is 2.06 bits per heavy atom. The van der Waals surface area contributed by atoms with Gasteiger partial charge in [0.25, 0.3) is 0 Å². The molecule has 1 aromatic carbocycles. The molecule has 6 nitrogen and oxygen atoms in total. The van der Waals surface area contributed by atoms with E-state index < -0.39 is 5.97 Å². The van der Waals surface area contributed by atoms with Gasteiger partial charge in [0.1, 0.15) is 5.82 Å². The molecule has 0 spiro atoms. The average Bonchev–Trinajstić information content (AvgIpc) is 2.75. The van der Waals surface area contributed by atoms with Crippen LogP contribution >= 0.6 is 0 Å². The topological polar surface area (TPSA) is 80.9 Å². The molecular formula is C10H9FN4O2. The van der Waals surface area contributed by atoms with Gasteiger partial charge in [-0.15, -0.1) is 5.10 Å². The Hall–Kier alpha value is -2.31. The SMILES string of the molecule is O=C(O)CCc1nnnn1-c1ccc(F)cc1. The maximum Gasteiger partial charge on any atom is 0.303 e. The van der Waals surface area contributed by atoms with E-state index in [0.717, 1.165) is 0 Å². The Kier molecular flexibility index (Phi) is 3.08. The fourth-order valence-corrected chi connectivity index (χ4v) is 1.36. The van der Waals surface area contributed by atoms with Crippen molar-refractivity contribution in [3.05, 3.63) is 35.9 Å². The molecule has 1 aromatic heterocycles. The smallest absolute Gasteiger partial charge is 0.303 e. The zero-order chi connectivity index (χ0) is 12.3. The van der Waals surface area contributed by atoms with Crippen LogP contribution in [0, 0.1) is 5.82 Å². The van der Waals surface area contributed by atoms with E-state index in [1.807, 2.05) is 0 Å². The third kappa shape index (κ3) is 2.63. The number of hydrogen-bond acceptors (Lipinski definition) is 4. The highest BCUT2D eigenvalue weighted by atomic mass is 19.1. The normalized spacial score (nSPS) is 10.4. The summed E-state index contributed by atoms with van der Waals surface area (Å²) in [5.41, 5.74) is 0.594. The van der Waals surface area contributed by atoms with E-state index in [-0.39, 0.29) is 18.7 Å². The summed E-state index contributed by atoms with van der Waals surface area (Å²) in [6.07, 6.45) is 0.168. The molecular weight excluding hydrogens is 227 g/mol. The minimum atomic E-state index is -0.918. The van der Waals surface area contributed by atoms with Crippen molar-refractivity contribution >= 4 is 5.97 Å². The quantitative estimate of drug-likeness (QED) is 0.849. The second-order valence-electron chi connectivity index (χ2n) is 3.38. The first kappa shape index (κ1) is 11.2. The Bertz CT molecular complexity index is 523. The van der Waals surface area contributed by atoms with E-state index >= 15 is 0 Å². The second kappa shape index (κ2) is 4.69. The third-order valence-electron chi connectivity index (χ3n) is 2.17. The number of aliphatic carboxylic acids is 1. The fourth-order valence-electron chi connectivity index (χ4n) is 1.36. The van der Waals surface area contributed by atoms with Gasteiger partial charge < -0.3 is 5.11 Å². The summed E-state index contributed by atoms with van der Waals surface area (Å²) in [6.45, 7) is 0. The molecule has 2 aromatic rings. The molecule has 0 bridgehead atoms. The molecule has 0 atom stereocenters. The van der Waals surface area contributed by atoms with Crippen molar-refractivity contribution in [1.82, 2.24) is 20.2 Å². The number of hydrogen-bond donors (Lipinski definition) is 1. The van der Waals surface area contributed by atoms with Gasteiger partial charge in [-0.2, -0.15) is 4.68 Å². The highest BCUT2D eigenvalue weighted by Gasteiger charge is 2.09. The van der Waals surface area contributed by atoms with Crippen LogP contribution in [0.4, 0.5) is 4.39 Å². The second-order valence-corrected chi connectivity index (χ2v) is 3.38. The Morgan fingerprint density at radius 3 is 2.71 bits per heavy atom. The van der Waals surface area contributed by atoms with Crippen molar-refractivity contribution in [3.63, 3.8) is 0 Å². The largest absolute Gasteiger partial charge is 0.481 e. The molecule has 0 unspecified atom stereocenters. The molecule has 1 N–H and O–H groups in total. The lowest BCUT2D eigenvalue weighted by molar-refractivity contribution is -0.137. The van der Waals surface area contributed by atoms with Gasteiger partial charge in [-0.1, -0.05) is 0 Å². The molecule has 88 valence electrons. The monoisotopic (exact) mass is 236 g/mol. The first-order valence-electron chi connectivity index (χ1n) is 4.92. The van der Waals surface area contributed by atoms with E-state index in [0.29, 0.717) is 11.5 Å². The van der Waals surface area contributed by atoms with Crippen molar-refractivity contribution in [2.45, 2.75) is 12.8 Å². The number of carboxylic acids is 1. The summed E-state index contributed by atoms with van der Waals surface area (Å²) in [4.78, 5) is 10.5. The van der Waals surface area contributed by atoms with Crippen LogP contribution in [0.15, 0.2) is 24.3 Å². The summed E-state index contributed by atoms with van der Waals surface area (Å²) >= 11 is 0. The fraction of sp³-hybridized carbons (Fsp3) is 0.200. The molecule has 0 aliphatic carbocycles. The van der Waals surface area contributed by atoms with E-state index in [9.17, 15) is 9.18 Å². The number of benzene rings is 1. The molecule has 17 heavy (non-hydrogen) atoms. The summed E-state index contributed by atoms with van der Waals surface area (Å²) in [6, 6.07) is 5.63. The molecule has 2 rings (SSSR count). The van der Waals surface area contributed by atoms with Gasteiger partial charge in [0.2, 0.25) is 0 Å². The maximum atomic E-state index is 12.7. The first-order valence-corrected chi connectivity index (χ1v) is 4.92. The molecule has 0 saturated heterocycles. The number of halogens is 1. The van der Waals surface area contributed by atoms with Gasteiger partial charge in [0.05, 0.1) is 12.1 Å². The number of tetrazole rings is 1. The number of nitrogens with zero attached hydrogens (tertiary/aromatic N) is 4. The van der Waals surface area contributed by atoms with Crippen LogP contribution < -0.4 is 0 Å². The van der Waals surface area contributed by atoms with E-state index in [1.54, 1.807) is 0 Å². The molecule has 0 fully saturated rings. The summed E-state index contributed by atoms with van der Waals surface area (Å²) in [5, 5.41) is 19.5. The highest BCUT2D eigenvalue weighted by molar-refractivity contribution is 5.66. The average molecular weight is 236 g/mol. The molecule has 0 aliphatic rings. The van der Waals surface area contributed by atoms with Crippen LogP contribution in [-0.2, 0) is 11.2 Å². The minimum absolute atomic E-state index is 0.0540. The molecule has 7 heteroatoms. The Labute approximate surface area is 95.7 Å².